The summed E-state index contributed by atoms with van der Waals surface area (Å²) >= 11 is 0. The molecule has 8 nitrogen and oxygen atoms in total. The number of rotatable bonds is 5. The van der Waals surface area contributed by atoms with Crippen molar-refractivity contribution in [1.82, 2.24) is 24.3 Å². The van der Waals surface area contributed by atoms with E-state index in [9.17, 15) is 8.78 Å². The van der Waals surface area contributed by atoms with Gasteiger partial charge in [0.2, 0.25) is 0 Å². The highest BCUT2D eigenvalue weighted by Crippen LogP contribution is 2.36. The Morgan fingerprint density at radius 1 is 1.06 bits per heavy atom. The molecule has 0 spiro atoms. The molecule has 0 radical (unpaired) electrons. The van der Waals surface area contributed by atoms with Crippen molar-refractivity contribution < 1.29 is 18.3 Å². The summed E-state index contributed by atoms with van der Waals surface area (Å²) < 4.78 is 43.0. The van der Waals surface area contributed by atoms with Gasteiger partial charge in [0, 0.05) is 31.4 Å². The predicted octanol–water partition coefficient (Wildman–Crippen LogP) is 3.38. The van der Waals surface area contributed by atoms with Crippen LogP contribution in [0.2, 0.25) is 0 Å². The first-order chi connectivity index (χ1) is 15.0. The number of aryl methyl sites for hydroxylation is 2. The minimum Gasteiger partial charge on any atom is -0.493 e. The lowest BCUT2D eigenvalue weighted by Crippen LogP contribution is -2.21. The minimum atomic E-state index is -0.918. The SMILES string of the molecule is CCn1c(=Nc2c(F)c(OC)cc(OC)c2F)ccc2ncc(-c3cnn(C)c3)nc21. The van der Waals surface area contributed by atoms with Crippen LogP contribution in [0.4, 0.5) is 14.5 Å². The molecule has 0 saturated carbocycles. The van der Waals surface area contributed by atoms with E-state index in [1.807, 2.05) is 20.2 Å². The largest absolute Gasteiger partial charge is 0.493 e. The van der Waals surface area contributed by atoms with E-state index in [0.29, 0.717) is 28.9 Å². The molecule has 0 aliphatic rings. The number of hydrogen-bond donors (Lipinski definition) is 0. The van der Waals surface area contributed by atoms with Gasteiger partial charge in [0.25, 0.3) is 0 Å². The van der Waals surface area contributed by atoms with E-state index in [1.54, 1.807) is 33.8 Å². The zero-order valence-corrected chi connectivity index (χ0v) is 17.4. The lowest BCUT2D eigenvalue weighted by molar-refractivity contribution is 0.359. The fraction of sp³-hybridized carbons (Fsp3) is 0.238. The highest BCUT2D eigenvalue weighted by atomic mass is 19.1. The summed E-state index contributed by atoms with van der Waals surface area (Å²) in [5, 5.41) is 4.16. The Morgan fingerprint density at radius 3 is 2.35 bits per heavy atom. The average molecular weight is 426 g/mol. The maximum Gasteiger partial charge on any atom is 0.193 e. The third-order valence-corrected chi connectivity index (χ3v) is 4.80. The zero-order valence-electron chi connectivity index (χ0n) is 17.4. The fourth-order valence-electron chi connectivity index (χ4n) is 3.24. The molecule has 3 aromatic heterocycles. The number of pyridine rings is 1. The molecule has 3 heterocycles. The molecule has 1 aromatic carbocycles. The normalized spacial score (nSPS) is 11.9. The fourth-order valence-corrected chi connectivity index (χ4v) is 3.24. The first-order valence-corrected chi connectivity index (χ1v) is 9.47. The number of halogens is 2. The van der Waals surface area contributed by atoms with Crippen LogP contribution in [-0.2, 0) is 13.6 Å². The van der Waals surface area contributed by atoms with Gasteiger partial charge in [0.1, 0.15) is 16.7 Å². The summed E-state index contributed by atoms with van der Waals surface area (Å²) in [6.07, 6.45) is 5.17. The van der Waals surface area contributed by atoms with Crippen molar-refractivity contribution in [1.29, 1.82) is 0 Å². The van der Waals surface area contributed by atoms with Gasteiger partial charge in [-0.1, -0.05) is 0 Å². The highest BCUT2D eigenvalue weighted by molar-refractivity contribution is 5.73. The van der Waals surface area contributed by atoms with E-state index >= 15 is 0 Å². The molecule has 0 saturated heterocycles. The van der Waals surface area contributed by atoms with Crippen LogP contribution in [0.3, 0.4) is 0 Å². The van der Waals surface area contributed by atoms with Gasteiger partial charge in [-0.3, -0.25) is 9.67 Å². The van der Waals surface area contributed by atoms with E-state index < -0.39 is 17.3 Å². The number of fused-ring (bicyclic) bond motifs is 1. The number of hydrogen-bond acceptors (Lipinski definition) is 6. The van der Waals surface area contributed by atoms with Crippen LogP contribution in [0.25, 0.3) is 22.4 Å². The van der Waals surface area contributed by atoms with Gasteiger partial charge in [-0.25, -0.2) is 18.8 Å². The second-order valence-electron chi connectivity index (χ2n) is 6.67. The van der Waals surface area contributed by atoms with Crippen molar-refractivity contribution in [2.24, 2.45) is 12.0 Å². The Kier molecular flexibility index (Phi) is 5.37. The molecule has 0 bridgehead atoms. The molecule has 31 heavy (non-hydrogen) atoms. The lowest BCUT2D eigenvalue weighted by Gasteiger charge is -2.12. The van der Waals surface area contributed by atoms with Gasteiger partial charge in [-0.15, -0.1) is 0 Å². The van der Waals surface area contributed by atoms with E-state index in [0.717, 1.165) is 11.6 Å². The zero-order chi connectivity index (χ0) is 22.1. The van der Waals surface area contributed by atoms with Crippen LogP contribution in [0.15, 0.2) is 41.8 Å². The molecule has 4 rings (SSSR count). The Hall–Kier alpha value is -3.82. The first-order valence-electron chi connectivity index (χ1n) is 9.47. The smallest absolute Gasteiger partial charge is 0.193 e. The van der Waals surface area contributed by atoms with Crippen molar-refractivity contribution in [2.75, 3.05) is 14.2 Å². The molecule has 4 aromatic rings. The highest BCUT2D eigenvalue weighted by Gasteiger charge is 2.20. The van der Waals surface area contributed by atoms with Crippen molar-refractivity contribution >= 4 is 16.9 Å². The van der Waals surface area contributed by atoms with Gasteiger partial charge >= 0.3 is 0 Å². The Bertz CT molecular complexity index is 1320. The second-order valence-corrected chi connectivity index (χ2v) is 6.67. The number of methoxy groups -OCH3 is 2. The maximum atomic E-state index is 14.8. The number of nitrogens with zero attached hydrogens (tertiary/aromatic N) is 6. The molecule has 0 amide bonds. The standard InChI is InChI=1S/C21H20F2N6O2/c1-5-29-17(27-20-18(22)15(30-3)8-16(31-4)19(20)23)7-6-13-21(29)26-14(10-24-13)12-9-25-28(2)11-12/h6-11H,5H2,1-4H3. The summed E-state index contributed by atoms with van der Waals surface area (Å²) in [7, 11) is 4.39. The summed E-state index contributed by atoms with van der Waals surface area (Å²) in [5.74, 6) is -2.17. The monoisotopic (exact) mass is 426 g/mol. The van der Waals surface area contributed by atoms with Crippen LogP contribution in [-0.4, -0.2) is 38.5 Å². The van der Waals surface area contributed by atoms with E-state index in [-0.39, 0.29) is 11.5 Å². The lowest BCUT2D eigenvalue weighted by atomic mass is 10.2. The number of ether oxygens (including phenoxy) is 2. The van der Waals surface area contributed by atoms with Crippen molar-refractivity contribution in [3.63, 3.8) is 0 Å². The van der Waals surface area contributed by atoms with Gasteiger partial charge in [0.05, 0.1) is 32.3 Å². The molecule has 0 fully saturated rings. The van der Waals surface area contributed by atoms with E-state index in [2.05, 4.69) is 15.1 Å². The third-order valence-electron chi connectivity index (χ3n) is 4.80. The van der Waals surface area contributed by atoms with Gasteiger partial charge < -0.3 is 14.0 Å². The molecule has 160 valence electrons. The quantitative estimate of drug-likeness (QED) is 0.489. The molecule has 10 heteroatoms. The number of benzene rings is 1. The first kappa shape index (κ1) is 20.5. The van der Waals surface area contributed by atoms with Crippen molar-refractivity contribution in [3.8, 4) is 22.8 Å². The van der Waals surface area contributed by atoms with Crippen LogP contribution in [0.5, 0.6) is 11.5 Å². The van der Waals surface area contributed by atoms with Crippen LogP contribution in [0, 0.1) is 11.6 Å². The topological polar surface area (TPSA) is 79.4 Å². The van der Waals surface area contributed by atoms with Crippen LogP contribution >= 0.6 is 0 Å². The summed E-state index contributed by atoms with van der Waals surface area (Å²) in [6.45, 7) is 2.33. The summed E-state index contributed by atoms with van der Waals surface area (Å²) in [6, 6.07) is 4.48. The summed E-state index contributed by atoms with van der Waals surface area (Å²) in [4.78, 5) is 13.4. The van der Waals surface area contributed by atoms with Crippen LogP contribution < -0.4 is 15.0 Å². The Labute approximate surface area is 176 Å². The van der Waals surface area contributed by atoms with E-state index in [1.165, 1.54) is 14.2 Å². The maximum absolute atomic E-state index is 14.8. The minimum absolute atomic E-state index is 0.167. The third kappa shape index (κ3) is 3.60. The Balaban J connectivity index is 1.97. The molecule has 0 aliphatic carbocycles. The molecular weight excluding hydrogens is 406 g/mol. The summed E-state index contributed by atoms with van der Waals surface area (Å²) in [5.41, 5.74) is 2.38. The predicted molar refractivity (Wildman–Crippen MR) is 110 cm³/mol. The molecule has 0 atom stereocenters. The number of aromatic nitrogens is 5. The molecule has 0 N–H and O–H groups in total. The average Bonchev–Trinajstić information content (AvgIpc) is 3.22. The second kappa shape index (κ2) is 8.13. The molecular formula is C21H20F2N6O2. The molecule has 0 aliphatic heterocycles. The van der Waals surface area contributed by atoms with Crippen molar-refractivity contribution in [3.05, 3.63) is 53.9 Å². The van der Waals surface area contributed by atoms with Gasteiger partial charge in [-0.2, -0.15) is 5.10 Å². The van der Waals surface area contributed by atoms with Gasteiger partial charge in [-0.05, 0) is 19.1 Å². The van der Waals surface area contributed by atoms with E-state index in [4.69, 9.17) is 14.5 Å². The molecule has 0 unspecified atom stereocenters. The van der Waals surface area contributed by atoms with Crippen LogP contribution in [0.1, 0.15) is 6.92 Å². The van der Waals surface area contributed by atoms with Gasteiger partial charge in [0.15, 0.2) is 28.8 Å². The Morgan fingerprint density at radius 2 is 1.77 bits per heavy atom. The van der Waals surface area contributed by atoms with Crippen molar-refractivity contribution in [2.45, 2.75) is 13.5 Å².